The Morgan fingerprint density at radius 3 is 2.91 bits per heavy atom. The molecule has 0 aliphatic rings. The van der Waals surface area contributed by atoms with Crippen molar-refractivity contribution >= 4 is 11.9 Å². The normalized spacial score (nSPS) is 12.0. The minimum absolute atomic E-state index is 0.0862. The van der Waals surface area contributed by atoms with Crippen LogP contribution < -0.4 is 5.32 Å². The Bertz CT molecular complexity index is 635. The molecule has 0 spiro atoms. The average molecular weight is 321 g/mol. The molecule has 0 aliphatic heterocycles. The van der Waals surface area contributed by atoms with Gasteiger partial charge >= 0.3 is 5.97 Å². The van der Waals surface area contributed by atoms with Gasteiger partial charge in [-0.1, -0.05) is 24.9 Å². The third kappa shape index (κ3) is 4.94. The molecule has 0 radical (unpaired) electrons. The van der Waals surface area contributed by atoms with E-state index in [-0.39, 0.29) is 18.7 Å². The molecule has 2 N–H and O–H groups in total. The number of furan rings is 1. The number of unbranched alkanes of at least 4 members (excludes halogenated alkanes) is 1. The number of hydrogen-bond acceptors (Lipinski definition) is 6. The first-order chi connectivity index (χ1) is 11.1. The maximum Gasteiger partial charge on any atom is 0.326 e. The van der Waals surface area contributed by atoms with E-state index < -0.39 is 12.0 Å². The number of nitrogens with one attached hydrogen (secondary N) is 1. The third-order valence-corrected chi connectivity index (χ3v) is 3.29. The first-order valence-electron chi connectivity index (χ1n) is 7.47. The fourth-order valence-corrected chi connectivity index (χ4v) is 2.02. The van der Waals surface area contributed by atoms with Gasteiger partial charge in [-0.25, -0.2) is 4.79 Å². The molecule has 8 heteroatoms. The number of aromatic nitrogens is 2. The fraction of sp³-hybridized carbons (Fsp3) is 0.467. The zero-order valence-corrected chi connectivity index (χ0v) is 12.8. The number of nitrogens with zero attached hydrogens (tertiary/aromatic N) is 2. The molecule has 2 aromatic heterocycles. The third-order valence-electron chi connectivity index (χ3n) is 3.29. The van der Waals surface area contributed by atoms with Crippen LogP contribution in [0.2, 0.25) is 0 Å². The van der Waals surface area contributed by atoms with E-state index in [1.807, 2.05) is 6.92 Å². The molecule has 0 bridgehead atoms. The van der Waals surface area contributed by atoms with Gasteiger partial charge in [-0.3, -0.25) is 4.79 Å². The topological polar surface area (TPSA) is 118 Å². The summed E-state index contributed by atoms with van der Waals surface area (Å²) in [5, 5.41) is 15.4. The number of carboxylic acids is 1. The Balaban J connectivity index is 1.83. The van der Waals surface area contributed by atoms with E-state index in [2.05, 4.69) is 15.5 Å². The predicted octanol–water partition coefficient (Wildman–Crippen LogP) is 2.02. The van der Waals surface area contributed by atoms with E-state index >= 15 is 0 Å². The van der Waals surface area contributed by atoms with Crippen molar-refractivity contribution in [2.45, 2.75) is 45.1 Å². The van der Waals surface area contributed by atoms with Crippen molar-refractivity contribution in [1.82, 2.24) is 15.5 Å². The Morgan fingerprint density at radius 2 is 2.26 bits per heavy atom. The zero-order valence-electron chi connectivity index (χ0n) is 12.8. The molecule has 0 fully saturated rings. The van der Waals surface area contributed by atoms with Gasteiger partial charge in [0.2, 0.25) is 17.6 Å². The van der Waals surface area contributed by atoms with Gasteiger partial charge in [-0.15, -0.1) is 0 Å². The van der Waals surface area contributed by atoms with E-state index in [1.54, 1.807) is 6.07 Å². The van der Waals surface area contributed by atoms with Crippen LogP contribution >= 0.6 is 0 Å². The van der Waals surface area contributed by atoms with Crippen molar-refractivity contribution in [3.8, 4) is 11.4 Å². The number of carbonyl (C=O) groups excluding carboxylic acids is 1. The van der Waals surface area contributed by atoms with Crippen LogP contribution in [-0.2, 0) is 16.0 Å². The Morgan fingerprint density at radius 1 is 1.43 bits per heavy atom. The number of amides is 1. The standard InChI is InChI=1S/C15H19N3O5/c1-2-3-4-11(15(20)21)16-12(19)5-6-13-17-14(18-23-13)10-7-8-22-9-10/h7-9,11H,2-6H2,1H3,(H,16,19)(H,20,21)/t11-/m0/s1. The van der Waals surface area contributed by atoms with Crippen molar-refractivity contribution in [2.75, 3.05) is 0 Å². The maximum absolute atomic E-state index is 11.9. The number of carboxylic acid groups (broad SMARTS) is 1. The fourth-order valence-electron chi connectivity index (χ4n) is 2.02. The summed E-state index contributed by atoms with van der Waals surface area (Å²) >= 11 is 0. The first-order valence-corrected chi connectivity index (χ1v) is 7.47. The van der Waals surface area contributed by atoms with Crippen LogP contribution in [0.3, 0.4) is 0 Å². The monoisotopic (exact) mass is 321 g/mol. The van der Waals surface area contributed by atoms with Gasteiger partial charge in [0.15, 0.2) is 0 Å². The molecule has 0 aromatic carbocycles. The lowest BCUT2D eigenvalue weighted by molar-refractivity contribution is -0.142. The minimum atomic E-state index is -1.02. The second-order valence-electron chi connectivity index (χ2n) is 5.12. The van der Waals surface area contributed by atoms with Gasteiger partial charge in [0, 0.05) is 12.8 Å². The van der Waals surface area contributed by atoms with Gasteiger partial charge in [-0.2, -0.15) is 4.98 Å². The van der Waals surface area contributed by atoms with Crippen LogP contribution in [0.15, 0.2) is 27.5 Å². The molecule has 23 heavy (non-hydrogen) atoms. The average Bonchev–Trinajstić information content (AvgIpc) is 3.19. The van der Waals surface area contributed by atoms with E-state index in [0.717, 1.165) is 12.8 Å². The molecule has 0 aliphatic carbocycles. The van der Waals surface area contributed by atoms with Gasteiger partial charge in [0.1, 0.15) is 12.3 Å². The second kappa shape index (κ2) is 8.11. The molecule has 2 aromatic rings. The summed E-state index contributed by atoms with van der Waals surface area (Å²) in [7, 11) is 0. The Hall–Kier alpha value is -2.64. The van der Waals surface area contributed by atoms with Crippen LogP contribution in [0.4, 0.5) is 0 Å². The van der Waals surface area contributed by atoms with E-state index in [4.69, 9.17) is 14.0 Å². The van der Waals surface area contributed by atoms with Crippen LogP contribution in [0.5, 0.6) is 0 Å². The number of rotatable bonds is 9. The highest BCUT2D eigenvalue weighted by Crippen LogP contribution is 2.16. The zero-order chi connectivity index (χ0) is 16.7. The smallest absolute Gasteiger partial charge is 0.326 e. The molecule has 0 saturated carbocycles. The lowest BCUT2D eigenvalue weighted by atomic mass is 10.1. The van der Waals surface area contributed by atoms with Crippen LogP contribution in [0.1, 0.15) is 38.5 Å². The van der Waals surface area contributed by atoms with Crippen molar-refractivity contribution in [1.29, 1.82) is 0 Å². The Kier molecular flexibility index (Phi) is 5.90. The second-order valence-corrected chi connectivity index (χ2v) is 5.12. The lowest BCUT2D eigenvalue weighted by Crippen LogP contribution is -2.40. The quantitative estimate of drug-likeness (QED) is 0.725. The molecular formula is C15H19N3O5. The van der Waals surface area contributed by atoms with Gasteiger partial charge < -0.3 is 19.4 Å². The molecule has 124 valence electrons. The van der Waals surface area contributed by atoms with Crippen LogP contribution in [-0.4, -0.2) is 33.2 Å². The summed E-state index contributed by atoms with van der Waals surface area (Å²) in [4.78, 5) is 27.1. The summed E-state index contributed by atoms with van der Waals surface area (Å²) in [6.07, 6.45) is 5.36. The van der Waals surface area contributed by atoms with Crippen molar-refractivity contribution in [3.63, 3.8) is 0 Å². The molecule has 0 unspecified atom stereocenters. The first kappa shape index (κ1) is 16.7. The molecule has 8 nitrogen and oxygen atoms in total. The van der Waals surface area contributed by atoms with E-state index in [0.29, 0.717) is 23.7 Å². The van der Waals surface area contributed by atoms with Gasteiger partial charge in [-0.05, 0) is 12.5 Å². The molecule has 2 heterocycles. The van der Waals surface area contributed by atoms with Crippen molar-refractivity contribution in [3.05, 3.63) is 24.5 Å². The van der Waals surface area contributed by atoms with Gasteiger partial charge in [0.05, 0.1) is 11.8 Å². The maximum atomic E-state index is 11.9. The summed E-state index contributed by atoms with van der Waals surface area (Å²) in [5.41, 5.74) is 0.690. The van der Waals surface area contributed by atoms with E-state index in [1.165, 1.54) is 12.5 Å². The molecule has 1 atom stereocenters. The lowest BCUT2D eigenvalue weighted by Gasteiger charge is -2.13. The van der Waals surface area contributed by atoms with Crippen LogP contribution in [0.25, 0.3) is 11.4 Å². The van der Waals surface area contributed by atoms with Crippen LogP contribution in [0, 0.1) is 0 Å². The van der Waals surface area contributed by atoms with Crippen molar-refractivity contribution < 1.29 is 23.6 Å². The minimum Gasteiger partial charge on any atom is -0.480 e. The molecule has 0 saturated heterocycles. The van der Waals surface area contributed by atoms with E-state index in [9.17, 15) is 9.59 Å². The molecule has 1 amide bonds. The number of aryl methyl sites for hydroxylation is 1. The summed E-state index contributed by atoms with van der Waals surface area (Å²) in [6.45, 7) is 1.97. The predicted molar refractivity (Wildman–Crippen MR) is 79.4 cm³/mol. The highest BCUT2D eigenvalue weighted by Gasteiger charge is 2.19. The molecular weight excluding hydrogens is 302 g/mol. The highest BCUT2D eigenvalue weighted by molar-refractivity contribution is 5.83. The largest absolute Gasteiger partial charge is 0.480 e. The summed E-state index contributed by atoms with van der Waals surface area (Å²) < 4.78 is 9.99. The number of hydrogen-bond donors (Lipinski definition) is 2. The molecule has 2 rings (SSSR count). The Labute approximate surface area is 132 Å². The number of carbonyl (C=O) groups is 2. The SMILES string of the molecule is CCCC[C@H](NC(=O)CCc1nc(-c2ccoc2)no1)C(=O)O. The van der Waals surface area contributed by atoms with Gasteiger partial charge in [0.25, 0.3) is 0 Å². The number of aliphatic carboxylic acids is 1. The van der Waals surface area contributed by atoms with Crippen molar-refractivity contribution in [2.24, 2.45) is 0 Å². The summed E-state index contributed by atoms with van der Waals surface area (Å²) in [6, 6.07) is 0.846. The highest BCUT2D eigenvalue weighted by atomic mass is 16.5. The summed E-state index contributed by atoms with van der Waals surface area (Å²) in [5.74, 6) is -0.666.